The van der Waals surface area contributed by atoms with Gasteiger partial charge in [0.25, 0.3) is 5.89 Å². The number of carbonyl (C=O) groups is 1. The number of ether oxygens (including phenoxy) is 1. The highest BCUT2D eigenvalue weighted by molar-refractivity contribution is 5.71. The molecule has 1 aromatic carbocycles. The Morgan fingerprint density at radius 2 is 2.19 bits per heavy atom. The zero-order valence-electron chi connectivity index (χ0n) is 15.1. The quantitative estimate of drug-likeness (QED) is 0.824. The van der Waals surface area contributed by atoms with Crippen molar-refractivity contribution in [2.75, 3.05) is 0 Å². The molecular weight excluding hydrogens is 342 g/mol. The molecule has 2 aliphatic rings. The minimum atomic E-state index is -0.660. The predicted molar refractivity (Wildman–Crippen MR) is 98.5 cm³/mol. The van der Waals surface area contributed by atoms with Crippen LogP contribution in [0.5, 0.6) is 0 Å². The molecule has 0 bridgehead atoms. The molecule has 1 N–H and O–H groups in total. The van der Waals surface area contributed by atoms with Crippen LogP contribution >= 0.6 is 0 Å². The van der Waals surface area contributed by atoms with E-state index in [2.05, 4.69) is 52.5 Å². The first-order chi connectivity index (χ1) is 13.1. The molecule has 27 heavy (non-hydrogen) atoms. The molecule has 1 aromatic heterocycles. The molecule has 6 heteroatoms. The summed E-state index contributed by atoms with van der Waals surface area (Å²) in [6, 6.07) is 7.31. The molecule has 2 heterocycles. The van der Waals surface area contributed by atoms with Crippen LogP contribution in [0.1, 0.15) is 48.3 Å². The number of allylic oxidation sites excluding steroid dienone is 4. The highest BCUT2D eigenvalue weighted by Crippen LogP contribution is 2.36. The number of hydrogen-bond acceptors (Lipinski definition) is 5. The van der Waals surface area contributed by atoms with Crippen molar-refractivity contribution >= 4 is 6.09 Å². The van der Waals surface area contributed by atoms with Crippen LogP contribution in [0, 0.1) is 24.7 Å². The fraction of sp³-hybridized carbons (Fsp3) is 0.286. The first-order valence-electron chi connectivity index (χ1n) is 8.86. The van der Waals surface area contributed by atoms with Crippen molar-refractivity contribution in [3.05, 3.63) is 70.9 Å². The van der Waals surface area contributed by atoms with E-state index in [9.17, 15) is 4.79 Å². The maximum Gasteiger partial charge on any atom is 0.408 e. The number of aryl methyl sites for hydroxylation is 1. The fourth-order valence-electron chi connectivity index (χ4n) is 3.18. The number of benzene rings is 1. The van der Waals surface area contributed by atoms with Crippen LogP contribution in [0.3, 0.4) is 0 Å². The van der Waals surface area contributed by atoms with Gasteiger partial charge >= 0.3 is 6.09 Å². The Balaban J connectivity index is 1.60. The molecule has 0 saturated carbocycles. The third-order valence-corrected chi connectivity index (χ3v) is 4.46. The second-order valence-corrected chi connectivity index (χ2v) is 6.74. The number of carbonyl (C=O) groups excluding carboxylic acids is 1. The number of cyclic esters (lactones) is 1. The van der Waals surface area contributed by atoms with Gasteiger partial charge < -0.3 is 14.6 Å². The fourth-order valence-corrected chi connectivity index (χ4v) is 3.18. The summed E-state index contributed by atoms with van der Waals surface area (Å²) >= 11 is 0. The van der Waals surface area contributed by atoms with Gasteiger partial charge in [0.1, 0.15) is 6.04 Å². The Morgan fingerprint density at radius 3 is 2.96 bits per heavy atom. The predicted octanol–water partition coefficient (Wildman–Crippen LogP) is 3.77. The Hall–Kier alpha value is -3.33. The molecule has 0 spiro atoms. The normalized spacial score (nSPS) is 23.9. The first kappa shape index (κ1) is 17.1. The van der Waals surface area contributed by atoms with Crippen LogP contribution in [0.25, 0.3) is 0 Å². The summed E-state index contributed by atoms with van der Waals surface area (Å²) in [5, 5.41) is 6.59. The molecule has 1 saturated heterocycles. The largest absolute Gasteiger partial charge is 0.433 e. The average molecular weight is 361 g/mol. The number of aromatic nitrogens is 2. The molecule has 6 nitrogen and oxygen atoms in total. The average Bonchev–Trinajstić information content (AvgIpc) is 3.26. The van der Waals surface area contributed by atoms with E-state index in [0.717, 1.165) is 23.1 Å². The smallest absolute Gasteiger partial charge is 0.408 e. The Labute approximate surface area is 157 Å². The number of rotatable bonds is 2. The molecular formula is C21H19N3O3. The first-order valence-corrected chi connectivity index (χ1v) is 8.86. The lowest BCUT2D eigenvalue weighted by Crippen LogP contribution is -2.19. The molecule has 1 aliphatic carbocycles. The Bertz CT molecular complexity index is 993. The standard InChI is InChI=1S/C21H19N3O3/c1-13-5-3-6-15(11-13)9-10-16-7-4-8-17(12-16)18-19(26-21(25)23-18)20-22-14(2)24-27-20/h3-4,6-8,11-13,18-19H,5H2,1-2H3,(H,23,25)/t13?,18-,19+/m0/s1. The third-order valence-electron chi connectivity index (χ3n) is 4.46. The van der Waals surface area contributed by atoms with Crippen molar-refractivity contribution in [3.8, 4) is 11.8 Å². The molecule has 1 unspecified atom stereocenters. The number of amides is 1. The summed E-state index contributed by atoms with van der Waals surface area (Å²) in [6.07, 6.45) is 6.26. The molecule has 4 rings (SSSR count). The summed E-state index contributed by atoms with van der Waals surface area (Å²) in [6.45, 7) is 3.89. The zero-order chi connectivity index (χ0) is 18.8. The third kappa shape index (κ3) is 3.77. The van der Waals surface area contributed by atoms with Crippen LogP contribution in [-0.2, 0) is 4.74 Å². The Kier molecular flexibility index (Phi) is 4.51. The lowest BCUT2D eigenvalue weighted by molar-refractivity contribution is 0.108. The van der Waals surface area contributed by atoms with E-state index in [1.807, 2.05) is 24.3 Å². The SMILES string of the molecule is Cc1noc([C@@H]2OC(=O)N[C@H]2c2cccc(C#CC3=CC(C)CC=C3)c2)n1. The van der Waals surface area contributed by atoms with E-state index < -0.39 is 18.2 Å². The van der Waals surface area contributed by atoms with Crippen molar-refractivity contribution in [2.45, 2.75) is 32.4 Å². The van der Waals surface area contributed by atoms with Crippen LogP contribution in [0.2, 0.25) is 0 Å². The van der Waals surface area contributed by atoms with Gasteiger partial charge in [-0.3, -0.25) is 0 Å². The maximum absolute atomic E-state index is 11.8. The highest BCUT2D eigenvalue weighted by Gasteiger charge is 2.40. The van der Waals surface area contributed by atoms with Gasteiger partial charge in [0, 0.05) is 11.1 Å². The van der Waals surface area contributed by atoms with Gasteiger partial charge in [-0.15, -0.1) is 0 Å². The van der Waals surface area contributed by atoms with Gasteiger partial charge in [0.05, 0.1) is 0 Å². The summed E-state index contributed by atoms with van der Waals surface area (Å²) < 4.78 is 10.5. The van der Waals surface area contributed by atoms with Gasteiger partial charge in [0.2, 0.25) is 6.10 Å². The number of nitrogens with zero attached hydrogens (tertiary/aromatic N) is 2. The van der Waals surface area contributed by atoms with Crippen LogP contribution < -0.4 is 5.32 Å². The summed E-state index contributed by atoms with van der Waals surface area (Å²) in [4.78, 5) is 16.0. The monoisotopic (exact) mass is 361 g/mol. The second kappa shape index (κ2) is 7.12. The van der Waals surface area contributed by atoms with E-state index in [0.29, 0.717) is 11.7 Å². The zero-order valence-corrected chi connectivity index (χ0v) is 15.1. The minimum Gasteiger partial charge on any atom is -0.433 e. The van der Waals surface area contributed by atoms with Crippen molar-refractivity contribution in [1.82, 2.24) is 15.5 Å². The molecule has 3 atom stereocenters. The van der Waals surface area contributed by atoms with E-state index in [1.54, 1.807) is 6.92 Å². The number of hydrogen-bond donors (Lipinski definition) is 1. The van der Waals surface area contributed by atoms with Gasteiger partial charge in [-0.05, 0) is 37.0 Å². The molecule has 136 valence electrons. The second-order valence-electron chi connectivity index (χ2n) is 6.74. The van der Waals surface area contributed by atoms with Crippen molar-refractivity contribution in [1.29, 1.82) is 0 Å². The molecule has 1 aliphatic heterocycles. The highest BCUT2D eigenvalue weighted by atomic mass is 16.6. The lowest BCUT2D eigenvalue weighted by atomic mass is 9.97. The summed E-state index contributed by atoms with van der Waals surface area (Å²) in [5.41, 5.74) is 2.76. The van der Waals surface area contributed by atoms with Crippen molar-refractivity contribution < 1.29 is 14.1 Å². The van der Waals surface area contributed by atoms with E-state index in [-0.39, 0.29) is 5.89 Å². The van der Waals surface area contributed by atoms with E-state index in [1.165, 1.54) is 0 Å². The van der Waals surface area contributed by atoms with Crippen molar-refractivity contribution in [3.63, 3.8) is 0 Å². The summed E-state index contributed by atoms with van der Waals surface area (Å²) in [5.74, 6) is 7.68. The van der Waals surface area contributed by atoms with Crippen LogP contribution in [-0.4, -0.2) is 16.2 Å². The van der Waals surface area contributed by atoms with Gasteiger partial charge in [-0.2, -0.15) is 4.98 Å². The molecule has 0 radical (unpaired) electrons. The van der Waals surface area contributed by atoms with Crippen molar-refractivity contribution in [2.24, 2.45) is 5.92 Å². The van der Waals surface area contributed by atoms with E-state index in [4.69, 9.17) is 9.26 Å². The maximum atomic E-state index is 11.8. The lowest BCUT2D eigenvalue weighted by Gasteiger charge is -2.14. The van der Waals surface area contributed by atoms with Gasteiger partial charge in [-0.25, -0.2) is 4.79 Å². The number of alkyl carbamates (subject to hydrolysis) is 1. The van der Waals surface area contributed by atoms with E-state index >= 15 is 0 Å². The minimum absolute atomic E-state index is 0.277. The summed E-state index contributed by atoms with van der Waals surface area (Å²) in [7, 11) is 0. The van der Waals surface area contributed by atoms with Crippen LogP contribution in [0.4, 0.5) is 4.79 Å². The van der Waals surface area contributed by atoms with Gasteiger partial charge in [0.15, 0.2) is 5.82 Å². The Morgan fingerprint density at radius 1 is 1.30 bits per heavy atom. The van der Waals surface area contributed by atoms with Crippen LogP contribution in [0.15, 0.2) is 52.6 Å². The molecule has 2 aromatic rings. The van der Waals surface area contributed by atoms with Gasteiger partial charge in [-0.1, -0.05) is 54.3 Å². The molecule has 1 amide bonds. The molecule has 1 fully saturated rings. The topological polar surface area (TPSA) is 77.2 Å². The number of nitrogens with one attached hydrogen (secondary N) is 1.